The molecule has 0 saturated carbocycles. The second-order valence-corrected chi connectivity index (χ2v) is 13.1. The highest BCUT2D eigenvalue weighted by molar-refractivity contribution is 6.95. The van der Waals surface area contributed by atoms with Gasteiger partial charge in [-0.1, -0.05) is 104 Å². The molecule has 5 heteroatoms. The lowest BCUT2D eigenvalue weighted by Crippen LogP contribution is -2.53. The molecule has 236 valence electrons. The van der Waals surface area contributed by atoms with Gasteiger partial charge in [-0.25, -0.2) is 0 Å². The summed E-state index contributed by atoms with van der Waals surface area (Å²) in [5.74, 6) is 1.53. The number of ether oxygens (including phenoxy) is 1. The van der Waals surface area contributed by atoms with Crippen LogP contribution in [0.25, 0.3) is 44.2 Å². The standard InChI is InChI=1S/C45H32BN3O/c1-4-16-35-30(3)50-40-28-29(2)27-39-42(40)46(35)36-25-26-38(47(31-17-8-5-9-18-31)32-19-10-6-11-20-32)41-44(36)49(39)43-34-23-14-15-24-37(34)48(45(41)43)33-21-12-7-13-22-33/h4-28H,1,3H2,2H3/b35-16+. The number of aryl methyl sites for hydroxylation is 1. The number of fused-ring (bicyclic) bond motifs is 7. The first kappa shape index (κ1) is 28.5. The summed E-state index contributed by atoms with van der Waals surface area (Å²) >= 11 is 0. The number of allylic oxidation sites excluding steroid dienone is 3. The molecule has 0 fully saturated rings. The molecule has 0 saturated heterocycles. The Kier molecular flexibility index (Phi) is 6.15. The molecule has 2 aliphatic heterocycles. The molecule has 0 N–H and O–H groups in total. The van der Waals surface area contributed by atoms with Gasteiger partial charge >= 0.3 is 0 Å². The normalized spacial score (nSPS) is 14.0. The summed E-state index contributed by atoms with van der Waals surface area (Å²) in [5.41, 5.74) is 14.8. The topological polar surface area (TPSA) is 22.3 Å². The number of anilines is 3. The second kappa shape index (κ2) is 10.8. The summed E-state index contributed by atoms with van der Waals surface area (Å²) in [7, 11) is 0. The Bertz CT molecular complexity index is 2680. The zero-order valence-corrected chi connectivity index (χ0v) is 27.7. The van der Waals surface area contributed by atoms with Crippen LogP contribution in [0, 0.1) is 6.92 Å². The van der Waals surface area contributed by atoms with Crippen molar-refractivity contribution >= 4 is 67.5 Å². The first-order valence-electron chi connectivity index (χ1n) is 17.0. The van der Waals surface area contributed by atoms with Crippen LogP contribution in [0.1, 0.15) is 5.56 Å². The largest absolute Gasteiger partial charge is 0.459 e. The number of rotatable bonds is 5. The average Bonchev–Trinajstić information content (AvgIpc) is 3.67. The van der Waals surface area contributed by atoms with Crippen molar-refractivity contribution in [3.8, 4) is 17.1 Å². The van der Waals surface area contributed by atoms with Crippen molar-refractivity contribution in [1.82, 2.24) is 9.13 Å². The SMILES string of the molecule is C=C/C=C1/B2c3c(cc(C)cc3-n3c4c2ccc(N(c2ccccc2)c2ccccc2)c4c2c3c3ccccc3n2-c2ccccc2)OC1=C. The maximum Gasteiger partial charge on any atom is 0.256 e. The van der Waals surface area contributed by atoms with Gasteiger partial charge in [0.05, 0.1) is 27.8 Å². The van der Waals surface area contributed by atoms with E-state index in [9.17, 15) is 0 Å². The number of para-hydroxylation sites is 4. The molecule has 0 spiro atoms. The molecule has 50 heavy (non-hydrogen) atoms. The Labute approximate surface area is 291 Å². The van der Waals surface area contributed by atoms with Crippen LogP contribution in [-0.2, 0) is 0 Å². The Hall–Kier alpha value is -6.46. The fourth-order valence-electron chi connectivity index (χ4n) is 8.40. The Morgan fingerprint density at radius 1 is 0.700 bits per heavy atom. The van der Waals surface area contributed by atoms with Crippen LogP contribution in [0.2, 0.25) is 0 Å². The highest BCUT2D eigenvalue weighted by atomic mass is 16.5. The molecule has 0 amide bonds. The van der Waals surface area contributed by atoms with Gasteiger partial charge in [0.15, 0.2) is 0 Å². The molecule has 4 heterocycles. The predicted octanol–water partition coefficient (Wildman–Crippen LogP) is 9.99. The number of aromatic nitrogens is 2. The maximum atomic E-state index is 6.53. The van der Waals surface area contributed by atoms with E-state index >= 15 is 0 Å². The third kappa shape index (κ3) is 3.89. The van der Waals surface area contributed by atoms with Crippen molar-refractivity contribution in [2.24, 2.45) is 0 Å². The molecule has 8 aromatic rings. The summed E-state index contributed by atoms with van der Waals surface area (Å²) < 4.78 is 11.5. The quantitative estimate of drug-likeness (QED) is 0.175. The highest BCUT2D eigenvalue weighted by Gasteiger charge is 2.43. The van der Waals surface area contributed by atoms with E-state index in [-0.39, 0.29) is 6.71 Å². The summed E-state index contributed by atoms with van der Waals surface area (Å²) in [4.78, 5) is 2.40. The molecular formula is C45H32BN3O. The number of benzene rings is 6. The Balaban J connectivity index is 1.47. The Morgan fingerprint density at radius 2 is 1.36 bits per heavy atom. The highest BCUT2D eigenvalue weighted by Crippen LogP contribution is 2.48. The molecule has 2 aromatic heterocycles. The fourth-order valence-corrected chi connectivity index (χ4v) is 8.40. The first-order chi connectivity index (χ1) is 24.6. The van der Waals surface area contributed by atoms with E-state index < -0.39 is 0 Å². The molecule has 0 atom stereocenters. The minimum Gasteiger partial charge on any atom is -0.459 e. The van der Waals surface area contributed by atoms with E-state index in [1.165, 1.54) is 32.8 Å². The van der Waals surface area contributed by atoms with Gasteiger partial charge in [0.1, 0.15) is 11.5 Å². The van der Waals surface area contributed by atoms with E-state index in [1.807, 2.05) is 6.08 Å². The monoisotopic (exact) mass is 641 g/mol. The van der Waals surface area contributed by atoms with Gasteiger partial charge in [0, 0.05) is 33.5 Å². The molecule has 0 unspecified atom stereocenters. The van der Waals surface area contributed by atoms with Crippen LogP contribution in [0.3, 0.4) is 0 Å². The van der Waals surface area contributed by atoms with Crippen LogP contribution < -0.4 is 20.6 Å². The Morgan fingerprint density at radius 3 is 2.06 bits per heavy atom. The van der Waals surface area contributed by atoms with E-state index in [0.29, 0.717) is 5.76 Å². The van der Waals surface area contributed by atoms with Gasteiger partial charge in [0.25, 0.3) is 6.71 Å². The van der Waals surface area contributed by atoms with Gasteiger partial charge in [0.2, 0.25) is 0 Å². The smallest absolute Gasteiger partial charge is 0.256 e. The zero-order valence-electron chi connectivity index (χ0n) is 27.7. The minimum absolute atomic E-state index is 0.0683. The number of hydrogen-bond acceptors (Lipinski definition) is 2. The van der Waals surface area contributed by atoms with E-state index in [2.05, 4.69) is 180 Å². The summed E-state index contributed by atoms with van der Waals surface area (Å²) in [6, 6.07) is 50.0. The average molecular weight is 642 g/mol. The first-order valence-corrected chi connectivity index (χ1v) is 17.0. The molecule has 0 aliphatic carbocycles. The predicted molar refractivity (Wildman–Crippen MR) is 210 cm³/mol. The van der Waals surface area contributed by atoms with Crippen molar-refractivity contribution in [2.45, 2.75) is 6.92 Å². The maximum absolute atomic E-state index is 6.53. The summed E-state index contributed by atoms with van der Waals surface area (Å²) in [5, 5.41) is 2.39. The van der Waals surface area contributed by atoms with E-state index in [4.69, 9.17) is 4.74 Å². The van der Waals surface area contributed by atoms with Crippen molar-refractivity contribution in [3.05, 3.63) is 182 Å². The second-order valence-electron chi connectivity index (χ2n) is 13.1. The van der Waals surface area contributed by atoms with Crippen molar-refractivity contribution in [1.29, 1.82) is 0 Å². The molecule has 4 nitrogen and oxygen atoms in total. The minimum atomic E-state index is -0.0683. The van der Waals surface area contributed by atoms with Crippen LogP contribution in [-0.4, -0.2) is 15.8 Å². The summed E-state index contributed by atoms with van der Waals surface area (Å²) in [6.07, 6.45) is 3.92. The third-order valence-corrected chi connectivity index (χ3v) is 10.3. The van der Waals surface area contributed by atoms with E-state index in [1.54, 1.807) is 0 Å². The number of hydrogen-bond donors (Lipinski definition) is 0. The third-order valence-electron chi connectivity index (χ3n) is 10.3. The van der Waals surface area contributed by atoms with Crippen LogP contribution in [0.4, 0.5) is 17.1 Å². The molecule has 6 aromatic carbocycles. The van der Waals surface area contributed by atoms with Gasteiger partial charge in [-0.15, -0.1) is 0 Å². The zero-order chi connectivity index (χ0) is 33.5. The van der Waals surface area contributed by atoms with Crippen LogP contribution >= 0.6 is 0 Å². The van der Waals surface area contributed by atoms with Gasteiger partial charge in [-0.3, -0.25) is 0 Å². The van der Waals surface area contributed by atoms with Crippen LogP contribution in [0.5, 0.6) is 5.75 Å². The van der Waals surface area contributed by atoms with Crippen molar-refractivity contribution < 1.29 is 4.74 Å². The van der Waals surface area contributed by atoms with Gasteiger partial charge < -0.3 is 18.8 Å². The lowest BCUT2D eigenvalue weighted by atomic mass is 9.33. The molecule has 2 aliphatic rings. The number of nitrogens with zero attached hydrogens (tertiary/aromatic N) is 3. The molecule has 10 rings (SSSR count). The van der Waals surface area contributed by atoms with Gasteiger partial charge in [-0.05, 0) is 89.5 Å². The molecular weight excluding hydrogens is 609 g/mol. The van der Waals surface area contributed by atoms with Crippen LogP contribution in [0.15, 0.2) is 176 Å². The van der Waals surface area contributed by atoms with E-state index in [0.717, 1.165) is 56.2 Å². The molecule has 0 radical (unpaired) electrons. The van der Waals surface area contributed by atoms with Crippen molar-refractivity contribution in [2.75, 3.05) is 4.90 Å². The van der Waals surface area contributed by atoms with Crippen molar-refractivity contribution in [3.63, 3.8) is 0 Å². The lowest BCUT2D eigenvalue weighted by molar-refractivity contribution is 0.442. The summed E-state index contributed by atoms with van der Waals surface area (Å²) in [6.45, 7) is 10.6. The fraction of sp³-hybridized carbons (Fsp3) is 0.0222. The lowest BCUT2D eigenvalue weighted by Gasteiger charge is -2.35. The molecule has 0 bridgehead atoms. The van der Waals surface area contributed by atoms with Gasteiger partial charge in [-0.2, -0.15) is 0 Å².